The number of rotatable bonds is 5. The summed E-state index contributed by atoms with van der Waals surface area (Å²) in [4.78, 5) is 0. The van der Waals surface area contributed by atoms with Crippen LogP contribution in [0.3, 0.4) is 0 Å². The molecule has 0 unspecified atom stereocenters. The number of nitrogens with one attached hydrogen (secondary N) is 1. The van der Waals surface area contributed by atoms with Gasteiger partial charge in [-0.25, -0.2) is 0 Å². The molecule has 1 nitrogen and oxygen atoms in total. The molecular formula is C26H29N. The number of hydrogen-bond donors (Lipinski definition) is 1. The van der Waals surface area contributed by atoms with Gasteiger partial charge < -0.3 is 5.32 Å². The zero-order chi connectivity index (χ0) is 18.9. The van der Waals surface area contributed by atoms with E-state index in [4.69, 9.17) is 0 Å². The Bertz CT molecular complexity index is 946. The van der Waals surface area contributed by atoms with Crippen LogP contribution >= 0.6 is 0 Å². The Balaban J connectivity index is 1.34. The number of hydrogen-bond acceptors (Lipinski definition) is 1. The van der Waals surface area contributed by atoms with E-state index in [1.54, 1.807) is 0 Å². The van der Waals surface area contributed by atoms with Gasteiger partial charge in [-0.1, -0.05) is 87.5 Å². The van der Waals surface area contributed by atoms with E-state index < -0.39 is 0 Å². The standard InChI is InChI=1S/C26H29N/c1-26(2,3)23-9-6-7-19(16-23)13-14-27-18-20-11-12-25-22(15-20)17-21-8-4-5-10-24(21)25/h4-12,15-16,27H,13-14,17-18H2,1-3H3. The Morgan fingerprint density at radius 3 is 2.44 bits per heavy atom. The van der Waals surface area contributed by atoms with Crippen molar-refractivity contribution < 1.29 is 0 Å². The molecule has 3 aromatic rings. The van der Waals surface area contributed by atoms with E-state index in [2.05, 4.69) is 92.8 Å². The maximum atomic E-state index is 3.62. The van der Waals surface area contributed by atoms with Crippen molar-refractivity contribution >= 4 is 0 Å². The molecule has 0 fully saturated rings. The summed E-state index contributed by atoms with van der Waals surface area (Å²) in [6.07, 6.45) is 2.14. The molecule has 0 saturated heterocycles. The molecule has 27 heavy (non-hydrogen) atoms. The normalized spacial score (nSPS) is 12.7. The van der Waals surface area contributed by atoms with Gasteiger partial charge in [0.1, 0.15) is 0 Å². The lowest BCUT2D eigenvalue weighted by molar-refractivity contribution is 0.588. The zero-order valence-electron chi connectivity index (χ0n) is 16.7. The summed E-state index contributed by atoms with van der Waals surface area (Å²) in [5, 5.41) is 3.62. The third-order valence-electron chi connectivity index (χ3n) is 5.57. The van der Waals surface area contributed by atoms with Crippen molar-refractivity contribution in [3.63, 3.8) is 0 Å². The predicted molar refractivity (Wildman–Crippen MR) is 115 cm³/mol. The lowest BCUT2D eigenvalue weighted by atomic mass is 9.86. The molecule has 1 N–H and O–H groups in total. The van der Waals surface area contributed by atoms with E-state index in [1.807, 2.05) is 0 Å². The fraction of sp³-hybridized carbons (Fsp3) is 0.308. The molecule has 4 rings (SSSR count). The Hall–Kier alpha value is -2.38. The number of benzene rings is 3. The molecule has 1 heteroatoms. The first-order valence-electron chi connectivity index (χ1n) is 10.0. The molecule has 0 atom stereocenters. The molecule has 1 aliphatic rings. The predicted octanol–water partition coefficient (Wildman–Crippen LogP) is 5.89. The van der Waals surface area contributed by atoms with Crippen LogP contribution in [-0.2, 0) is 24.8 Å². The lowest BCUT2D eigenvalue weighted by Crippen LogP contribution is -2.17. The van der Waals surface area contributed by atoms with Crippen LogP contribution < -0.4 is 5.32 Å². The van der Waals surface area contributed by atoms with E-state index in [0.29, 0.717) is 0 Å². The molecular weight excluding hydrogens is 326 g/mol. The minimum Gasteiger partial charge on any atom is -0.312 e. The van der Waals surface area contributed by atoms with Crippen LogP contribution in [0.25, 0.3) is 11.1 Å². The molecule has 0 radical (unpaired) electrons. The third kappa shape index (κ3) is 3.99. The molecule has 138 valence electrons. The number of fused-ring (bicyclic) bond motifs is 3. The van der Waals surface area contributed by atoms with Gasteiger partial charge >= 0.3 is 0 Å². The van der Waals surface area contributed by atoms with Crippen molar-refractivity contribution in [3.8, 4) is 11.1 Å². The van der Waals surface area contributed by atoms with Gasteiger partial charge in [-0.05, 0) is 63.7 Å². The average molecular weight is 356 g/mol. The summed E-state index contributed by atoms with van der Waals surface area (Å²) < 4.78 is 0. The van der Waals surface area contributed by atoms with Gasteiger partial charge in [0, 0.05) is 6.54 Å². The fourth-order valence-electron chi connectivity index (χ4n) is 3.97. The molecule has 0 spiro atoms. The average Bonchev–Trinajstić information content (AvgIpc) is 3.02. The summed E-state index contributed by atoms with van der Waals surface area (Å²) in [6, 6.07) is 24.7. The van der Waals surface area contributed by atoms with Crippen LogP contribution in [0.2, 0.25) is 0 Å². The molecule has 0 amide bonds. The Labute approximate surface area is 163 Å². The van der Waals surface area contributed by atoms with E-state index in [-0.39, 0.29) is 5.41 Å². The second kappa shape index (κ2) is 7.32. The highest BCUT2D eigenvalue weighted by molar-refractivity contribution is 5.76. The van der Waals surface area contributed by atoms with Gasteiger partial charge in [-0.3, -0.25) is 0 Å². The quantitative estimate of drug-likeness (QED) is 0.440. The van der Waals surface area contributed by atoms with E-state index >= 15 is 0 Å². The van der Waals surface area contributed by atoms with Gasteiger partial charge in [-0.2, -0.15) is 0 Å². The summed E-state index contributed by atoms with van der Waals surface area (Å²) in [6.45, 7) is 8.76. The second-order valence-corrected chi connectivity index (χ2v) is 8.70. The van der Waals surface area contributed by atoms with Crippen molar-refractivity contribution in [1.82, 2.24) is 5.32 Å². The minimum absolute atomic E-state index is 0.214. The van der Waals surface area contributed by atoms with Crippen molar-refractivity contribution in [2.45, 2.75) is 45.6 Å². The van der Waals surface area contributed by atoms with Gasteiger partial charge in [0.25, 0.3) is 0 Å². The van der Waals surface area contributed by atoms with Gasteiger partial charge in [-0.15, -0.1) is 0 Å². The van der Waals surface area contributed by atoms with Crippen molar-refractivity contribution in [1.29, 1.82) is 0 Å². The highest BCUT2D eigenvalue weighted by Crippen LogP contribution is 2.36. The monoisotopic (exact) mass is 355 g/mol. The van der Waals surface area contributed by atoms with E-state index in [9.17, 15) is 0 Å². The lowest BCUT2D eigenvalue weighted by Gasteiger charge is -2.19. The molecule has 0 saturated carbocycles. The van der Waals surface area contributed by atoms with Crippen LogP contribution in [0, 0.1) is 0 Å². The first-order valence-corrected chi connectivity index (χ1v) is 10.0. The molecule has 0 bridgehead atoms. The SMILES string of the molecule is CC(C)(C)c1cccc(CCNCc2ccc3c(c2)Cc2ccccc2-3)c1. The topological polar surface area (TPSA) is 12.0 Å². The Kier molecular flexibility index (Phi) is 4.88. The second-order valence-electron chi connectivity index (χ2n) is 8.70. The Morgan fingerprint density at radius 1 is 0.778 bits per heavy atom. The molecule has 0 aromatic heterocycles. The summed E-state index contributed by atoms with van der Waals surface area (Å²) in [5.41, 5.74) is 10.2. The van der Waals surface area contributed by atoms with Gasteiger partial charge in [0.15, 0.2) is 0 Å². The van der Waals surface area contributed by atoms with Gasteiger partial charge in [0.2, 0.25) is 0 Å². The highest BCUT2D eigenvalue weighted by atomic mass is 14.8. The van der Waals surface area contributed by atoms with Crippen molar-refractivity contribution in [2.75, 3.05) is 6.54 Å². The van der Waals surface area contributed by atoms with Crippen LogP contribution in [0.4, 0.5) is 0 Å². The maximum absolute atomic E-state index is 3.62. The maximum Gasteiger partial charge on any atom is 0.0205 e. The Morgan fingerprint density at radius 2 is 1.59 bits per heavy atom. The highest BCUT2D eigenvalue weighted by Gasteiger charge is 2.17. The van der Waals surface area contributed by atoms with E-state index in [0.717, 1.165) is 25.9 Å². The molecule has 1 aliphatic carbocycles. The van der Waals surface area contributed by atoms with Crippen LogP contribution in [-0.4, -0.2) is 6.54 Å². The van der Waals surface area contributed by atoms with E-state index in [1.165, 1.54) is 38.9 Å². The summed E-state index contributed by atoms with van der Waals surface area (Å²) >= 11 is 0. The third-order valence-corrected chi connectivity index (χ3v) is 5.57. The van der Waals surface area contributed by atoms with Crippen molar-refractivity contribution in [2.24, 2.45) is 0 Å². The molecule has 0 heterocycles. The van der Waals surface area contributed by atoms with Crippen molar-refractivity contribution in [3.05, 3.63) is 94.5 Å². The molecule has 0 aliphatic heterocycles. The first-order chi connectivity index (χ1) is 13.0. The smallest absolute Gasteiger partial charge is 0.0205 e. The summed E-state index contributed by atoms with van der Waals surface area (Å²) in [5.74, 6) is 0. The fourth-order valence-corrected chi connectivity index (χ4v) is 3.97. The molecule has 3 aromatic carbocycles. The van der Waals surface area contributed by atoms with Crippen LogP contribution in [0.5, 0.6) is 0 Å². The minimum atomic E-state index is 0.214. The first kappa shape index (κ1) is 18.0. The van der Waals surface area contributed by atoms with Crippen LogP contribution in [0.15, 0.2) is 66.7 Å². The van der Waals surface area contributed by atoms with Crippen LogP contribution in [0.1, 0.15) is 48.6 Å². The van der Waals surface area contributed by atoms with Gasteiger partial charge in [0.05, 0.1) is 0 Å². The zero-order valence-corrected chi connectivity index (χ0v) is 16.7. The largest absolute Gasteiger partial charge is 0.312 e. The summed E-state index contributed by atoms with van der Waals surface area (Å²) in [7, 11) is 0.